The van der Waals surface area contributed by atoms with Gasteiger partial charge >= 0.3 is 0 Å². The zero-order valence-electron chi connectivity index (χ0n) is 10.6. The van der Waals surface area contributed by atoms with Gasteiger partial charge in [-0.2, -0.15) is 0 Å². The Morgan fingerprint density at radius 3 is 2.47 bits per heavy atom. The molecule has 0 atom stereocenters. The highest BCUT2D eigenvalue weighted by molar-refractivity contribution is 5.77. The van der Waals surface area contributed by atoms with Gasteiger partial charge in [0, 0.05) is 20.7 Å². The molecular formula is C13H19NO3. The minimum Gasteiger partial charge on any atom is -0.494 e. The van der Waals surface area contributed by atoms with Crippen molar-refractivity contribution in [2.24, 2.45) is 0 Å². The second-order valence-electron chi connectivity index (χ2n) is 3.76. The molecule has 17 heavy (non-hydrogen) atoms. The predicted molar refractivity (Wildman–Crippen MR) is 66.0 cm³/mol. The van der Waals surface area contributed by atoms with Gasteiger partial charge in [0.1, 0.15) is 12.4 Å². The number of hydrogen-bond donors (Lipinski definition) is 0. The maximum atomic E-state index is 11.5. The van der Waals surface area contributed by atoms with Crippen LogP contribution in [0.1, 0.15) is 12.5 Å². The Balaban J connectivity index is 2.53. The second kappa shape index (κ2) is 6.91. The standard InChI is InChI=1S/C13H19NO3/c1-4-17-12-7-5-11(6-8-12)9-14(2)13(15)10-16-3/h5-8H,4,9-10H2,1-3H3. The Labute approximate surface area is 102 Å². The van der Waals surface area contributed by atoms with Crippen LogP contribution in [0.4, 0.5) is 0 Å². The van der Waals surface area contributed by atoms with Crippen molar-refractivity contribution in [1.82, 2.24) is 4.90 Å². The first-order valence-corrected chi connectivity index (χ1v) is 5.62. The Kier molecular flexibility index (Phi) is 5.49. The van der Waals surface area contributed by atoms with Gasteiger partial charge in [0.25, 0.3) is 0 Å². The van der Waals surface area contributed by atoms with Crippen LogP contribution in [-0.2, 0) is 16.1 Å². The van der Waals surface area contributed by atoms with E-state index in [1.165, 1.54) is 7.11 Å². The number of amides is 1. The van der Waals surface area contributed by atoms with Crippen LogP contribution < -0.4 is 4.74 Å². The monoisotopic (exact) mass is 237 g/mol. The summed E-state index contributed by atoms with van der Waals surface area (Å²) < 4.78 is 10.2. The van der Waals surface area contributed by atoms with Crippen molar-refractivity contribution >= 4 is 5.91 Å². The number of ether oxygens (including phenoxy) is 2. The fourth-order valence-corrected chi connectivity index (χ4v) is 1.45. The third-order valence-corrected chi connectivity index (χ3v) is 2.35. The van der Waals surface area contributed by atoms with Gasteiger partial charge in [0.15, 0.2) is 0 Å². The van der Waals surface area contributed by atoms with Gasteiger partial charge in [-0.3, -0.25) is 4.79 Å². The highest BCUT2D eigenvalue weighted by Gasteiger charge is 2.08. The molecule has 0 bridgehead atoms. The van der Waals surface area contributed by atoms with Crippen LogP contribution in [0.3, 0.4) is 0 Å². The van der Waals surface area contributed by atoms with Gasteiger partial charge in [-0.15, -0.1) is 0 Å². The average Bonchev–Trinajstić information content (AvgIpc) is 2.32. The summed E-state index contributed by atoms with van der Waals surface area (Å²) in [7, 11) is 3.28. The summed E-state index contributed by atoms with van der Waals surface area (Å²) in [4.78, 5) is 13.1. The molecule has 0 fully saturated rings. The van der Waals surface area contributed by atoms with E-state index >= 15 is 0 Å². The van der Waals surface area contributed by atoms with Crippen LogP contribution in [0, 0.1) is 0 Å². The summed E-state index contributed by atoms with van der Waals surface area (Å²) in [5.74, 6) is 0.823. The van der Waals surface area contributed by atoms with E-state index in [9.17, 15) is 4.79 Å². The van der Waals surface area contributed by atoms with Crippen molar-refractivity contribution in [2.75, 3.05) is 27.4 Å². The number of nitrogens with zero attached hydrogens (tertiary/aromatic N) is 1. The van der Waals surface area contributed by atoms with Crippen LogP contribution in [0.25, 0.3) is 0 Å². The van der Waals surface area contributed by atoms with E-state index in [0.717, 1.165) is 11.3 Å². The van der Waals surface area contributed by atoms with Crippen molar-refractivity contribution in [1.29, 1.82) is 0 Å². The molecule has 0 heterocycles. The molecule has 0 radical (unpaired) electrons. The van der Waals surface area contributed by atoms with E-state index in [2.05, 4.69) is 0 Å². The topological polar surface area (TPSA) is 38.8 Å². The first-order valence-electron chi connectivity index (χ1n) is 5.62. The Morgan fingerprint density at radius 1 is 1.29 bits per heavy atom. The van der Waals surface area contributed by atoms with Crippen LogP contribution >= 0.6 is 0 Å². The predicted octanol–water partition coefficient (Wildman–Crippen LogP) is 1.69. The van der Waals surface area contributed by atoms with E-state index in [-0.39, 0.29) is 12.5 Å². The molecule has 1 aromatic rings. The molecule has 0 aliphatic heterocycles. The summed E-state index contributed by atoms with van der Waals surface area (Å²) in [6.07, 6.45) is 0. The fraction of sp³-hybridized carbons (Fsp3) is 0.462. The van der Waals surface area contributed by atoms with Crippen molar-refractivity contribution < 1.29 is 14.3 Å². The third kappa shape index (κ3) is 4.44. The number of methoxy groups -OCH3 is 1. The molecule has 4 nitrogen and oxygen atoms in total. The van der Waals surface area contributed by atoms with Gasteiger partial charge in [-0.1, -0.05) is 12.1 Å². The number of likely N-dealkylation sites (N-methyl/N-ethyl adjacent to an activating group) is 1. The van der Waals surface area contributed by atoms with Gasteiger partial charge in [-0.05, 0) is 24.6 Å². The largest absolute Gasteiger partial charge is 0.494 e. The van der Waals surface area contributed by atoms with Crippen molar-refractivity contribution in [3.8, 4) is 5.75 Å². The van der Waals surface area contributed by atoms with E-state index in [0.29, 0.717) is 13.2 Å². The summed E-state index contributed by atoms with van der Waals surface area (Å²) >= 11 is 0. The van der Waals surface area contributed by atoms with Crippen LogP contribution in [0.2, 0.25) is 0 Å². The van der Waals surface area contributed by atoms with Crippen molar-refractivity contribution in [3.63, 3.8) is 0 Å². The summed E-state index contributed by atoms with van der Waals surface area (Å²) in [6, 6.07) is 7.74. The minimum absolute atomic E-state index is 0.0265. The van der Waals surface area contributed by atoms with Crippen LogP contribution in [0.15, 0.2) is 24.3 Å². The SMILES string of the molecule is CCOc1ccc(CN(C)C(=O)COC)cc1. The molecule has 0 saturated carbocycles. The molecule has 0 unspecified atom stereocenters. The molecule has 94 valence electrons. The van der Waals surface area contributed by atoms with E-state index in [1.54, 1.807) is 11.9 Å². The average molecular weight is 237 g/mol. The van der Waals surface area contributed by atoms with Crippen LogP contribution in [-0.4, -0.2) is 38.2 Å². The molecule has 1 amide bonds. The summed E-state index contributed by atoms with van der Waals surface area (Å²) in [5.41, 5.74) is 1.07. The fourth-order valence-electron chi connectivity index (χ4n) is 1.45. The molecular weight excluding hydrogens is 218 g/mol. The number of benzene rings is 1. The smallest absolute Gasteiger partial charge is 0.248 e. The molecule has 0 aromatic heterocycles. The van der Waals surface area contributed by atoms with E-state index in [1.807, 2.05) is 31.2 Å². The summed E-state index contributed by atoms with van der Waals surface area (Å²) in [5, 5.41) is 0. The summed E-state index contributed by atoms with van der Waals surface area (Å²) in [6.45, 7) is 3.30. The molecule has 0 aliphatic rings. The van der Waals surface area contributed by atoms with Gasteiger partial charge < -0.3 is 14.4 Å². The third-order valence-electron chi connectivity index (χ3n) is 2.35. The zero-order chi connectivity index (χ0) is 12.7. The Hall–Kier alpha value is -1.55. The zero-order valence-corrected chi connectivity index (χ0v) is 10.6. The lowest BCUT2D eigenvalue weighted by Crippen LogP contribution is -2.29. The Bertz CT molecular complexity index is 348. The molecule has 1 rings (SSSR count). The lowest BCUT2D eigenvalue weighted by molar-refractivity contribution is -0.134. The maximum absolute atomic E-state index is 11.5. The molecule has 0 aliphatic carbocycles. The highest BCUT2D eigenvalue weighted by Crippen LogP contribution is 2.13. The molecule has 0 saturated heterocycles. The first-order chi connectivity index (χ1) is 8.17. The molecule has 0 spiro atoms. The second-order valence-corrected chi connectivity index (χ2v) is 3.76. The molecule has 1 aromatic carbocycles. The van der Waals surface area contributed by atoms with Gasteiger partial charge in [0.2, 0.25) is 5.91 Å². The Morgan fingerprint density at radius 2 is 1.94 bits per heavy atom. The van der Waals surface area contributed by atoms with E-state index in [4.69, 9.17) is 9.47 Å². The molecule has 4 heteroatoms. The maximum Gasteiger partial charge on any atom is 0.248 e. The number of carbonyl (C=O) groups excluding carboxylic acids is 1. The first kappa shape index (κ1) is 13.5. The van der Waals surface area contributed by atoms with Crippen molar-refractivity contribution in [2.45, 2.75) is 13.5 Å². The van der Waals surface area contributed by atoms with E-state index < -0.39 is 0 Å². The number of hydrogen-bond acceptors (Lipinski definition) is 3. The minimum atomic E-state index is -0.0265. The lowest BCUT2D eigenvalue weighted by atomic mass is 10.2. The van der Waals surface area contributed by atoms with Gasteiger partial charge in [-0.25, -0.2) is 0 Å². The number of rotatable bonds is 6. The van der Waals surface area contributed by atoms with Crippen LogP contribution in [0.5, 0.6) is 5.75 Å². The molecule has 0 N–H and O–H groups in total. The highest BCUT2D eigenvalue weighted by atomic mass is 16.5. The quantitative estimate of drug-likeness (QED) is 0.755. The van der Waals surface area contributed by atoms with Crippen molar-refractivity contribution in [3.05, 3.63) is 29.8 Å². The van der Waals surface area contributed by atoms with Gasteiger partial charge in [0.05, 0.1) is 6.61 Å². The lowest BCUT2D eigenvalue weighted by Gasteiger charge is -2.16. The normalized spacial score (nSPS) is 10.1. The number of carbonyl (C=O) groups is 1.